The lowest BCUT2D eigenvalue weighted by Crippen LogP contribution is -2.17. The van der Waals surface area contributed by atoms with Crippen LogP contribution in [-0.4, -0.2) is 10.8 Å². The van der Waals surface area contributed by atoms with Gasteiger partial charge in [-0.2, -0.15) is 0 Å². The van der Waals surface area contributed by atoms with E-state index >= 15 is 0 Å². The minimum atomic E-state index is -0.0572. The number of benzene rings is 2. The maximum atomic E-state index is 13.0. The van der Waals surface area contributed by atoms with Crippen molar-refractivity contribution >= 4 is 16.7 Å². The zero-order valence-electron chi connectivity index (χ0n) is 12.6. The highest BCUT2D eigenvalue weighted by Crippen LogP contribution is 2.29. The molecule has 0 saturated carbocycles. The summed E-state index contributed by atoms with van der Waals surface area (Å²) in [4.78, 5) is 16.1. The first-order chi connectivity index (χ1) is 9.98. The molecular weight excluding hydrogens is 258 g/mol. The number of aromatic amines is 1. The molecular formula is C19H19NO. The number of aromatic nitrogens is 1. The van der Waals surface area contributed by atoms with Crippen LogP contribution >= 0.6 is 0 Å². The van der Waals surface area contributed by atoms with Gasteiger partial charge in [0.2, 0.25) is 0 Å². The molecule has 0 aliphatic heterocycles. The summed E-state index contributed by atoms with van der Waals surface area (Å²) in [6.07, 6.45) is 1.81. The molecule has 0 bridgehead atoms. The van der Waals surface area contributed by atoms with Crippen molar-refractivity contribution in [2.24, 2.45) is 0 Å². The number of ketones is 1. The third-order valence-corrected chi connectivity index (χ3v) is 3.81. The summed E-state index contributed by atoms with van der Waals surface area (Å²) >= 11 is 0. The van der Waals surface area contributed by atoms with Crippen molar-refractivity contribution in [1.29, 1.82) is 0 Å². The van der Waals surface area contributed by atoms with Crippen molar-refractivity contribution in [3.63, 3.8) is 0 Å². The Bertz CT molecular complexity index is 806. The van der Waals surface area contributed by atoms with Crippen molar-refractivity contribution in [3.05, 3.63) is 71.4 Å². The number of rotatable bonds is 2. The van der Waals surface area contributed by atoms with Gasteiger partial charge in [0, 0.05) is 28.2 Å². The second-order valence-corrected chi connectivity index (χ2v) is 6.37. The quantitative estimate of drug-likeness (QED) is 0.677. The summed E-state index contributed by atoms with van der Waals surface area (Å²) in [6.45, 7) is 6.40. The molecule has 0 saturated heterocycles. The molecule has 1 N–H and O–H groups in total. The number of carbonyl (C=O) groups is 1. The summed E-state index contributed by atoms with van der Waals surface area (Å²) in [5.74, 6) is 0.0815. The lowest BCUT2D eigenvalue weighted by molar-refractivity contribution is 0.103. The van der Waals surface area contributed by atoms with Crippen LogP contribution in [0, 0.1) is 0 Å². The average molecular weight is 277 g/mol. The van der Waals surface area contributed by atoms with Crippen molar-refractivity contribution < 1.29 is 4.79 Å². The molecule has 1 heterocycles. The van der Waals surface area contributed by atoms with E-state index in [9.17, 15) is 4.79 Å². The van der Waals surface area contributed by atoms with E-state index in [0.29, 0.717) is 0 Å². The molecule has 0 unspecified atom stereocenters. The molecule has 0 radical (unpaired) electrons. The maximum absolute atomic E-state index is 13.0. The Labute approximate surface area is 124 Å². The smallest absolute Gasteiger partial charge is 0.195 e. The van der Waals surface area contributed by atoms with Crippen molar-refractivity contribution in [3.8, 4) is 0 Å². The van der Waals surface area contributed by atoms with Gasteiger partial charge in [-0.15, -0.1) is 0 Å². The molecule has 21 heavy (non-hydrogen) atoms. The van der Waals surface area contributed by atoms with Gasteiger partial charge in [-0.05, 0) is 17.0 Å². The van der Waals surface area contributed by atoms with Crippen LogP contribution < -0.4 is 0 Å². The van der Waals surface area contributed by atoms with Crippen LogP contribution in [0.2, 0.25) is 0 Å². The SMILES string of the molecule is CC(C)(C)c1ccccc1C(=O)c1c[nH]c2ccccc12. The summed E-state index contributed by atoms with van der Waals surface area (Å²) < 4.78 is 0. The monoisotopic (exact) mass is 277 g/mol. The Morgan fingerprint density at radius 1 is 0.905 bits per heavy atom. The van der Waals surface area contributed by atoms with E-state index in [1.165, 1.54) is 0 Å². The Hall–Kier alpha value is -2.35. The highest BCUT2D eigenvalue weighted by molar-refractivity contribution is 6.17. The van der Waals surface area contributed by atoms with E-state index in [-0.39, 0.29) is 11.2 Å². The van der Waals surface area contributed by atoms with Crippen LogP contribution in [0.5, 0.6) is 0 Å². The minimum absolute atomic E-state index is 0.0572. The van der Waals surface area contributed by atoms with Crippen LogP contribution in [0.15, 0.2) is 54.7 Å². The molecule has 3 aromatic rings. The lowest BCUT2D eigenvalue weighted by Gasteiger charge is -2.22. The standard InChI is InChI=1S/C19H19NO/c1-19(2,3)16-10-6-4-9-14(16)18(21)15-12-20-17-11-7-5-8-13(15)17/h4-12,20H,1-3H3. The number of para-hydroxylation sites is 1. The molecule has 0 amide bonds. The van der Waals surface area contributed by atoms with Gasteiger partial charge < -0.3 is 4.98 Å². The number of hydrogen-bond acceptors (Lipinski definition) is 1. The number of fused-ring (bicyclic) bond motifs is 1. The van der Waals surface area contributed by atoms with E-state index in [4.69, 9.17) is 0 Å². The zero-order chi connectivity index (χ0) is 15.0. The van der Waals surface area contributed by atoms with Gasteiger partial charge in [0.25, 0.3) is 0 Å². The molecule has 2 nitrogen and oxygen atoms in total. The third kappa shape index (κ3) is 2.38. The lowest BCUT2D eigenvalue weighted by atomic mass is 9.82. The molecule has 0 fully saturated rings. The molecule has 106 valence electrons. The minimum Gasteiger partial charge on any atom is -0.360 e. The van der Waals surface area contributed by atoms with Crippen LogP contribution in [0.3, 0.4) is 0 Å². The van der Waals surface area contributed by atoms with Gasteiger partial charge in [0.15, 0.2) is 5.78 Å². The fourth-order valence-electron chi connectivity index (χ4n) is 2.74. The highest BCUT2D eigenvalue weighted by atomic mass is 16.1. The van der Waals surface area contributed by atoms with Gasteiger partial charge in [-0.25, -0.2) is 0 Å². The molecule has 2 heteroatoms. The van der Waals surface area contributed by atoms with Gasteiger partial charge in [-0.3, -0.25) is 4.79 Å². The Kier molecular flexibility index (Phi) is 3.17. The van der Waals surface area contributed by atoms with Crippen molar-refractivity contribution in [1.82, 2.24) is 4.98 Å². The maximum Gasteiger partial charge on any atom is 0.195 e. The van der Waals surface area contributed by atoms with Gasteiger partial charge in [-0.1, -0.05) is 63.2 Å². The summed E-state index contributed by atoms with van der Waals surface area (Å²) in [5, 5.41) is 0.978. The molecule has 3 rings (SSSR count). The predicted molar refractivity (Wildman–Crippen MR) is 86.9 cm³/mol. The molecule has 0 aliphatic rings. The van der Waals surface area contributed by atoms with Crippen LogP contribution in [-0.2, 0) is 5.41 Å². The molecule has 0 atom stereocenters. The molecule has 2 aromatic carbocycles. The summed E-state index contributed by atoms with van der Waals surface area (Å²) in [7, 11) is 0. The van der Waals surface area contributed by atoms with E-state index < -0.39 is 0 Å². The number of nitrogens with one attached hydrogen (secondary N) is 1. The highest BCUT2D eigenvalue weighted by Gasteiger charge is 2.23. The molecule has 0 aliphatic carbocycles. The zero-order valence-corrected chi connectivity index (χ0v) is 12.6. The largest absolute Gasteiger partial charge is 0.360 e. The first-order valence-corrected chi connectivity index (χ1v) is 7.19. The van der Waals surface area contributed by atoms with Crippen LogP contribution in [0.4, 0.5) is 0 Å². The first-order valence-electron chi connectivity index (χ1n) is 7.19. The topological polar surface area (TPSA) is 32.9 Å². The summed E-state index contributed by atoms with van der Waals surface area (Å²) in [6, 6.07) is 15.8. The summed E-state index contributed by atoms with van der Waals surface area (Å²) in [5.41, 5.74) is 3.55. The predicted octanol–water partition coefficient (Wildman–Crippen LogP) is 4.70. The van der Waals surface area contributed by atoms with E-state index in [2.05, 4.69) is 25.8 Å². The Balaban J connectivity index is 2.16. The second-order valence-electron chi connectivity index (χ2n) is 6.37. The fourth-order valence-corrected chi connectivity index (χ4v) is 2.74. The third-order valence-electron chi connectivity index (χ3n) is 3.81. The number of H-pyrrole nitrogens is 1. The van der Waals surface area contributed by atoms with Crippen LogP contribution in [0.25, 0.3) is 10.9 Å². The van der Waals surface area contributed by atoms with Gasteiger partial charge >= 0.3 is 0 Å². The fraction of sp³-hybridized carbons (Fsp3) is 0.211. The molecule has 0 spiro atoms. The molecule has 1 aromatic heterocycles. The van der Waals surface area contributed by atoms with Crippen molar-refractivity contribution in [2.45, 2.75) is 26.2 Å². The second kappa shape index (κ2) is 4.88. The Morgan fingerprint density at radius 3 is 2.33 bits per heavy atom. The average Bonchev–Trinajstić information content (AvgIpc) is 2.89. The first kappa shape index (κ1) is 13.6. The Morgan fingerprint density at radius 2 is 1.57 bits per heavy atom. The van der Waals surface area contributed by atoms with E-state index in [1.807, 2.05) is 54.7 Å². The van der Waals surface area contributed by atoms with Crippen molar-refractivity contribution in [2.75, 3.05) is 0 Å². The van der Waals surface area contributed by atoms with Gasteiger partial charge in [0.05, 0.1) is 0 Å². The van der Waals surface area contributed by atoms with E-state index in [1.54, 1.807) is 0 Å². The number of hydrogen-bond donors (Lipinski definition) is 1. The van der Waals surface area contributed by atoms with Crippen LogP contribution in [0.1, 0.15) is 42.3 Å². The number of carbonyl (C=O) groups excluding carboxylic acids is 1. The normalized spacial score (nSPS) is 11.8. The van der Waals surface area contributed by atoms with Gasteiger partial charge in [0.1, 0.15) is 0 Å². The van der Waals surface area contributed by atoms with E-state index in [0.717, 1.165) is 27.6 Å².